The molecule has 0 spiro atoms. The van der Waals surface area contributed by atoms with Gasteiger partial charge in [0.05, 0.1) is 6.26 Å². The third-order valence-electron chi connectivity index (χ3n) is 3.61. The highest BCUT2D eigenvalue weighted by atomic mass is 16.6. The average Bonchev–Trinajstić information content (AvgIpc) is 3.11. The Morgan fingerprint density at radius 1 is 1.22 bits per heavy atom. The summed E-state index contributed by atoms with van der Waals surface area (Å²) < 4.78 is 16.3. The van der Waals surface area contributed by atoms with Crippen LogP contribution in [-0.2, 0) is 11.3 Å². The minimum Gasteiger partial charge on any atom is -0.486 e. The first-order valence-corrected chi connectivity index (χ1v) is 7.65. The van der Waals surface area contributed by atoms with Gasteiger partial charge in [0, 0.05) is 19.2 Å². The Labute approximate surface area is 135 Å². The van der Waals surface area contributed by atoms with Crippen LogP contribution in [0.2, 0.25) is 0 Å². The van der Waals surface area contributed by atoms with Gasteiger partial charge in [-0.05, 0) is 42.8 Å². The van der Waals surface area contributed by atoms with Crippen LogP contribution in [0.25, 0.3) is 6.08 Å². The van der Waals surface area contributed by atoms with Crippen LogP contribution in [0.5, 0.6) is 11.5 Å². The van der Waals surface area contributed by atoms with Crippen molar-refractivity contribution in [1.29, 1.82) is 0 Å². The molecule has 0 atom stereocenters. The van der Waals surface area contributed by atoms with Crippen molar-refractivity contribution >= 4 is 12.0 Å². The van der Waals surface area contributed by atoms with Gasteiger partial charge in [0.2, 0.25) is 5.91 Å². The number of rotatable bonds is 5. The molecule has 5 nitrogen and oxygen atoms in total. The molecular weight excluding hydrogens is 294 g/mol. The predicted octanol–water partition coefficient (Wildman–Crippen LogP) is 3.11. The molecule has 0 fully saturated rings. The highest BCUT2D eigenvalue weighted by molar-refractivity contribution is 5.91. The van der Waals surface area contributed by atoms with Crippen molar-refractivity contribution in [2.24, 2.45) is 0 Å². The molecule has 0 saturated carbocycles. The molecule has 1 aromatic heterocycles. The van der Waals surface area contributed by atoms with E-state index in [9.17, 15) is 4.79 Å². The third-order valence-corrected chi connectivity index (χ3v) is 3.61. The van der Waals surface area contributed by atoms with Crippen LogP contribution in [0.15, 0.2) is 47.1 Å². The molecule has 0 N–H and O–H groups in total. The van der Waals surface area contributed by atoms with Crippen LogP contribution in [-0.4, -0.2) is 30.6 Å². The number of hydrogen-bond acceptors (Lipinski definition) is 4. The van der Waals surface area contributed by atoms with E-state index >= 15 is 0 Å². The lowest BCUT2D eigenvalue weighted by Gasteiger charge is -2.22. The van der Waals surface area contributed by atoms with Gasteiger partial charge in [-0.3, -0.25) is 4.79 Å². The van der Waals surface area contributed by atoms with E-state index in [2.05, 4.69) is 0 Å². The monoisotopic (exact) mass is 313 g/mol. The molecule has 1 amide bonds. The van der Waals surface area contributed by atoms with E-state index in [-0.39, 0.29) is 5.91 Å². The number of ether oxygens (including phenoxy) is 2. The van der Waals surface area contributed by atoms with E-state index in [1.165, 1.54) is 6.08 Å². The van der Waals surface area contributed by atoms with Crippen molar-refractivity contribution in [1.82, 2.24) is 4.90 Å². The van der Waals surface area contributed by atoms with E-state index < -0.39 is 0 Å². The second-order valence-electron chi connectivity index (χ2n) is 5.18. The van der Waals surface area contributed by atoms with E-state index in [4.69, 9.17) is 13.9 Å². The third kappa shape index (κ3) is 3.74. The second-order valence-corrected chi connectivity index (χ2v) is 5.18. The maximum absolute atomic E-state index is 12.3. The number of likely N-dealkylation sites (N-methyl/N-ethyl adjacent to an activating group) is 1. The van der Waals surface area contributed by atoms with Gasteiger partial charge in [-0.2, -0.15) is 0 Å². The largest absolute Gasteiger partial charge is 0.486 e. The number of hydrogen-bond donors (Lipinski definition) is 0. The molecule has 2 aromatic rings. The molecule has 1 aliphatic heterocycles. The smallest absolute Gasteiger partial charge is 0.246 e. The van der Waals surface area contributed by atoms with Crippen LogP contribution in [0.1, 0.15) is 18.2 Å². The Kier molecular flexibility index (Phi) is 4.66. The molecule has 0 aliphatic carbocycles. The summed E-state index contributed by atoms with van der Waals surface area (Å²) in [5.74, 6) is 2.10. The SMILES string of the molecule is CCN(Cc1ccc2c(c1)OCCO2)C(=O)/C=C/c1ccco1. The first-order chi connectivity index (χ1) is 11.3. The summed E-state index contributed by atoms with van der Waals surface area (Å²) in [4.78, 5) is 14.1. The Balaban J connectivity index is 1.68. The van der Waals surface area contributed by atoms with Crippen molar-refractivity contribution in [2.75, 3.05) is 19.8 Å². The number of nitrogens with zero attached hydrogens (tertiary/aromatic N) is 1. The number of fused-ring (bicyclic) bond motifs is 1. The van der Waals surface area contributed by atoms with Crippen molar-refractivity contribution in [3.05, 3.63) is 54.0 Å². The Hall–Kier alpha value is -2.69. The molecule has 0 bridgehead atoms. The topological polar surface area (TPSA) is 51.9 Å². The lowest BCUT2D eigenvalue weighted by atomic mass is 10.1. The van der Waals surface area contributed by atoms with Crippen LogP contribution in [0, 0.1) is 0 Å². The zero-order valence-electron chi connectivity index (χ0n) is 13.0. The summed E-state index contributed by atoms with van der Waals surface area (Å²) in [7, 11) is 0. The molecule has 0 saturated heterocycles. The Morgan fingerprint density at radius 2 is 2.04 bits per heavy atom. The van der Waals surface area contributed by atoms with Gasteiger partial charge in [0.1, 0.15) is 19.0 Å². The highest BCUT2D eigenvalue weighted by Gasteiger charge is 2.14. The molecule has 0 radical (unpaired) electrons. The number of benzene rings is 1. The standard InChI is InChI=1S/C18H19NO4/c1-2-19(18(20)8-6-15-4-3-9-21-15)13-14-5-7-16-17(12-14)23-11-10-22-16/h3-9,12H,2,10-11,13H2,1H3/b8-6+. The number of carbonyl (C=O) groups excluding carboxylic acids is 1. The first kappa shape index (κ1) is 15.2. The highest BCUT2D eigenvalue weighted by Crippen LogP contribution is 2.31. The van der Waals surface area contributed by atoms with Gasteiger partial charge in [-0.15, -0.1) is 0 Å². The lowest BCUT2D eigenvalue weighted by molar-refractivity contribution is -0.126. The molecule has 120 valence electrons. The second kappa shape index (κ2) is 7.05. The molecule has 23 heavy (non-hydrogen) atoms. The molecule has 1 aliphatic rings. The molecule has 3 rings (SSSR count). The molecule has 0 unspecified atom stereocenters. The van der Waals surface area contributed by atoms with Gasteiger partial charge >= 0.3 is 0 Å². The fourth-order valence-corrected chi connectivity index (χ4v) is 2.40. The lowest BCUT2D eigenvalue weighted by Crippen LogP contribution is -2.28. The van der Waals surface area contributed by atoms with E-state index in [0.29, 0.717) is 32.1 Å². The van der Waals surface area contributed by atoms with E-state index in [1.54, 1.807) is 29.4 Å². The molecule has 5 heteroatoms. The summed E-state index contributed by atoms with van der Waals surface area (Å²) in [6.45, 7) is 4.23. The van der Waals surface area contributed by atoms with Crippen LogP contribution >= 0.6 is 0 Å². The predicted molar refractivity (Wildman–Crippen MR) is 86.3 cm³/mol. The van der Waals surface area contributed by atoms with Crippen LogP contribution in [0.3, 0.4) is 0 Å². The van der Waals surface area contributed by atoms with Gasteiger partial charge in [-0.1, -0.05) is 6.07 Å². The Morgan fingerprint density at radius 3 is 2.78 bits per heavy atom. The molecular formula is C18H19NO4. The van der Waals surface area contributed by atoms with Gasteiger partial charge in [-0.25, -0.2) is 0 Å². The normalized spacial score (nSPS) is 13.3. The average molecular weight is 313 g/mol. The quantitative estimate of drug-likeness (QED) is 0.796. The number of carbonyl (C=O) groups is 1. The van der Waals surface area contributed by atoms with Crippen molar-refractivity contribution < 1.29 is 18.7 Å². The van der Waals surface area contributed by atoms with Gasteiger partial charge in [0.15, 0.2) is 11.5 Å². The molecule has 1 aromatic carbocycles. The summed E-state index contributed by atoms with van der Waals surface area (Å²) in [5.41, 5.74) is 1.01. The maximum Gasteiger partial charge on any atom is 0.246 e. The summed E-state index contributed by atoms with van der Waals surface area (Å²) >= 11 is 0. The first-order valence-electron chi connectivity index (χ1n) is 7.65. The van der Waals surface area contributed by atoms with Crippen molar-refractivity contribution in [2.45, 2.75) is 13.5 Å². The summed E-state index contributed by atoms with van der Waals surface area (Å²) in [6.07, 6.45) is 4.78. The van der Waals surface area contributed by atoms with E-state index in [1.807, 2.05) is 25.1 Å². The van der Waals surface area contributed by atoms with E-state index in [0.717, 1.165) is 17.1 Å². The fraction of sp³-hybridized carbons (Fsp3) is 0.278. The van der Waals surface area contributed by atoms with Gasteiger partial charge < -0.3 is 18.8 Å². The zero-order valence-corrected chi connectivity index (χ0v) is 13.0. The molecule has 2 heterocycles. The minimum atomic E-state index is -0.0567. The fourth-order valence-electron chi connectivity index (χ4n) is 2.40. The number of amides is 1. The summed E-state index contributed by atoms with van der Waals surface area (Å²) in [6, 6.07) is 9.37. The summed E-state index contributed by atoms with van der Waals surface area (Å²) in [5, 5.41) is 0. The Bertz CT molecular complexity index is 691. The van der Waals surface area contributed by atoms with Crippen molar-refractivity contribution in [3.8, 4) is 11.5 Å². The maximum atomic E-state index is 12.3. The minimum absolute atomic E-state index is 0.0567. The van der Waals surface area contributed by atoms with Crippen LogP contribution in [0.4, 0.5) is 0 Å². The zero-order chi connectivity index (χ0) is 16.1. The van der Waals surface area contributed by atoms with Gasteiger partial charge in [0.25, 0.3) is 0 Å². The number of furan rings is 1. The van der Waals surface area contributed by atoms with Crippen molar-refractivity contribution in [3.63, 3.8) is 0 Å². The van der Waals surface area contributed by atoms with Crippen LogP contribution < -0.4 is 9.47 Å².